The Hall–Kier alpha value is -3.72. The minimum absolute atomic E-state index is 0.0795. The highest BCUT2D eigenvalue weighted by Crippen LogP contribution is 2.28. The maximum absolute atomic E-state index is 12.5. The minimum Gasteiger partial charge on any atom is -0.280 e. The molecule has 3 aromatic carbocycles. The number of hydrazone groups is 1. The maximum atomic E-state index is 12.5. The Morgan fingerprint density at radius 3 is 2.21 bits per heavy atom. The van der Waals surface area contributed by atoms with E-state index < -0.39 is 20.6 Å². The van der Waals surface area contributed by atoms with Crippen LogP contribution in [0.2, 0.25) is 0 Å². The molecule has 0 atom stereocenters. The Bertz CT molecular complexity index is 1100. The third kappa shape index (κ3) is 4.71. The zero-order valence-corrected chi connectivity index (χ0v) is 15.3. The summed E-state index contributed by atoms with van der Waals surface area (Å²) in [7, 11) is -3.97. The van der Waals surface area contributed by atoms with Gasteiger partial charge in [0.2, 0.25) is 0 Å². The van der Waals surface area contributed by atoms with Gasteiger partial charge in [-0.15, -0.1) is 0 Å². The second-order valence-electron chi connectivity index (χ2n) is 5.69. The normalized spacial score (nSPS) is 11.3. The average molecular weight is 396 g/mol. The molecule has 0 aliphatic heterocycles. The molecule has 0 unspecified atom stereocenters. The zero-order chi connectivity index (χ0) is 20.0. The highest BCUT2D eigenvalue weighted by atomic mass is 32.2. The number of sulfonamides is 1. The summed E-state index contributed by atoms with van der Waals surface area (Å²) in [6.07, 6.45) is 1.51. The molecule has 28 heavy (non-hydrogen) atoms. The predicted octanol–water partition coefficient (Wildman–Crippen LogP) is 3.84. The van der Waals surface area contributed by atoms with E-state index in [2.05, 4.69) is 15.2 Å². The van der Waals surface area contributed by atoms with E-state index in [9.17, 15) is 18.5 Å². The molecule has 0 radical (unpaired) electrons. The molecule has 0 aromatic heterocycles. The molecule has 0 bridgehead atoms. The van der Waals surface area contributed by atoms with Crippen LogP contribution < -0.4 is 10.1 Å². The SMILES string of the molecule is O=[N+]([O-])c1cc(S(=O)(=O)Nc2ccccc2)ccc1NN=Cc1ccccc1. The lowest BCUT2D eigenvalue weighted by Gasteiger charge is -2.09. The van der Waals surface area contributed by atoms with Gasteiger partial charge in [-0.1, -0.05) is 48.5 Å². The second kappa shape index (κ2) is 8.31. The van der Waals surface area contributed by atoms with Crippen LogP contribution in [0, 0.1) is 10.1 Å². The molecule has 0 aliphatic rings. The van der Waals surface area contributed by atoms with Crippen molar-refractivity contribution in [2.24, 2.45) is 5.10 Å². The fourth-order valence-corrected chi connectivity index (χ4v) is 3.44. The van der Waals surface area contributed by atoms with Crippen molar-refractivity contribution < 1.29 is 13.3 Å². The number of anilines is 2. The molecule has 8 nitrogen and oxygen atoms in total. The standard InChI is InChI=1S/C19H16N4O4S/c24-23(25)19-13-17(28(26,27)22-16-9-5-2-6-10-16)11-12-18(19)21-20-14-15-7-3-1-4-8-15/h1-14,21-22H. The quantitative estimate of drug-likeness (QED) is 0.358. The van der Waals surface area contributed by atoms with Crippen molar-refractivity contribution in [3.63, 3.8) is 0 Å². The zero-order valence-electron chi connectivity index (χ0n) is 14.5. The van der Waals surface area contributed by atoms with Crippen molar-refractivity contribution in [2.45, 2.75) is 4.90 Å². The van der Waals surface area contributed by atoms with Crippen LogP contribution in [-0.2, 0) is 10.0 Å². The molecule has 9 heteroatoms. The molecular weight excluding hydrogens is 380 g/mol. The lowest BCUT2D eigenvalue weighted by atomic mass is 10.2. The van der Waals surface area contributed by atoms with Gasteiger partial charge in [0.25, 0.3) is 15.7 Å². The lowest BCUT2D eigenvalue weighted by Crippen LogP contribution is -2.13. The minimum atomic E-state index is -3.97. The molecule has 142 valence electrons. The van der Waals surface area contributed by atoms with Crippen molar-refractivity contribution in [3.05, 3.63) is 94.5 Å². The van der Waals surface area contributed by atoms with Gasteiger partial charge in [-0.25, -0.2) is 8.42 Å². The van der Waals surface area contributed by atoms with E-state index in [-0.39, 0.29) is 10.6 Å². The van der Waals surface area contributed by atoms with Crippen LogP contribution in [-0.4, -0.2) is 19.6 Å². The molecule has 0 fully saturated rings. The third-order valence-electron chi connectivity index (χ3n) is 3.70. The van der Waals surface area contributed by atoms with Crippen molar-refractivity contribution in [1.29, 1.82) is 0 Å². The van der Waals surface area contributed by atoms with Gasteiger partial charge in [-0.05, 0) is 29.8 Å². The first-order valence-corrected chi connectivity index (χ1v) is 9.64. The summed E-state index contributed by atoms with van der Waals surface area (Å²) in [6, 6.07) is 21.0. The van der Waals surface area contributed by atoms with E-state index in [1.807, 2.05) is 30.3 Å². The molecule has 3 aromatic rings. The fourth-order valence-electron chi connectivity index (χ4n) is 2.36. The van der Waals surface area contributed by atoms with Crippen molar-refractivity contribution in [1.82, 2.24) is 0 Å². The van der Waals surface area contributed by atoms with Gasteiger partial charge in [0.15, 0.2) is 0 Å². The number of hydrogen-bond donors (Lipinski definition) is 2. The molecule has 0 amide bonds. The van der Waals surface area contributed by atoms with Crippen LogP contribution in [0.1, 0.15) is 5.56 Å². The van der Waals surface area contributed by atoms with Gasteiger partial charge in [-0.2, -0.15) is 5.10 Å². The number of para-hydroxylation sites is 1. The van der Waals surface area contributed by atoms with Crippen LogP contribution in [0.25, 0.3) is 0 Å². The predicted molar refractivity (Wildman–Crippen MR) is 108 cm³/mol. The van der Waals surface area contributed by atoms with Crippen LogP contribution >= 0.6 is 0 Å². The summed E-state index contributed by atoms with van der Waals surface area (Å²) in [4.78, 5) is 10.5. The van der Waals surface area contributed by atoms with Gasteiger partial charge in [0.05, 0.1) is 16.0 Å². The number of benzene rings is 3. The Morgan fingerprint density at radius 2 is 1.57 bits per heavy atom. The van der Waals surface area contributed by atoms with Gasteiger partial charge in [-0.3, -0.25) is 20.3 Å². The van der Waals surface area contributed by atoms with Crippen molar-refractivity contribution in [2.75, 3.05) is 10.1 Å². The molecule has 0 aliphatic carbocycles. The summed E-state index contributed by atoms with van der Waals surface area (Å²) in [5.41, 5.74) is 3.43. The Labute approximate surface area is 161 Å². The van der Waals surface area contributed by atoms with E-state index in [1.54, 1.807) is 30.3 Å². The van der Waals surface area contributed by atoms with Gasteiger partial charge >= 0.3 is 0 Å². The van der Waals surface area contributed by atoms with Crippen LogP contribution in [0.3, 0.4) is 0 Å². The summed E-state index contributed by atoms with van der Waals surface area (Å²) in [6.45, 7) is 0. The average Bonchev–Trinajstić information content (AvgIpc) is 2.69. The van der Waals surface area contributed by atoms with Crippen LogP contribution in [0.5, 0.6) is 0 Å². The maximum Gasteiger partial charge on any atom is 0.295 e. The summed E-state index contributed by atoms with van der Waals surface area (Å²) >= 11 is 0. The highest BCUT2D eigenvalue weighted by Gasteiger charge is 2.21. The highest BCUT2D eigenvalue weighted by molar-refractivity contribution is 7.92. The molecule has 0 saturated carbocycles. The molecule has 0 saturated heterocycles. The van der Waals surface area contributed by atoms with Gasteiger partial charge < -0.3 is 0 Å². The van der Waals surface area contributed by atoms with Crippen LogP contribution in [0.4, 0.5) is 17.1 Å². The number of nitrogens with one attached hydrogen (secondary N) is 2. The first-order valence-electron chi connectivity index (χ1n) is 8.16. The topological polar surface area (TPSA) is 114 Å². The Morgan fingerprint density at radius 1 is 0.929 bits per heavy atom. The number of rotatable bonds is 7. The molecule has 0 spiro atoms. The Balaban J connectivity index is 1.84. The monoisotopic (exact) mass is 396 g/mol. The largest absolute Gasteiger partial charge is 0.295 e. The number of nitrogens with zero attached hydrogens (tertiary/aromatic N) is 2. The lowest BCUT2D eigenvalue weighted by molar-refractivity contribution is -0.384. The Kier molecular flexibility index (Phi) is 5.66. The molecular formula is C19H16N4O4S. The van der Waals surface area contributed by atoms with E-state index >= 15 is 0 Å². The number of hydrogen-bond acceptors (Lipinski definition) is 6. The third-order valence-corrected chi connectivity index (χ3v) is 5.08. The van der Waals surface area contributed by atoms with E-state index in [0.717, 1.165) is 11.6 Å². The van der Waals surface area contributed by atoms with Gasteiger partial charge in [0.1, 0.15) is 5.69 Å². The number of nitro groups is 1. The smallest absolute Gasteiger partial charge is 0.280 e. The molecule has 0 heterocycles. The van der Waals surface area contributed by atoms with Crippen LogP contribution in [0.15, 0.2) is 88.9 Å². The van der Waals surface area contributed by atoms with E-state index in [0.29, 0.717) is 5.69 Å². The van der Waals surface area contributed by atoms with Crippen molar-refractivity contribution in [3.8, 4) is 0 Å². The van der Waals surface area contributed by atoms with E-state index in [1.165, 1.54) is 18.3 Å². The van der Waals surface area contributed by atoms with E-state index in [4.69, 9.17) is 0 Å². The molecule has 3 rings (SSSR count). The second-order valence-corrected chi connectivity index (χ2v) is 7.37. The van der Waals surface area contributed by atoms with Crippen molar-refractivity contribution >= 4 is 33.3 Å². The fraction of sp³-hybridized carbons (Fsp3) is 0. The summed E-state index contributed by atoms with van der Waals surface area (Å²) in [5, 5.41) is 15.4. The van der Waals surface area contributed by atoms with Gasteiger partial charge in [0, 0.05) is 11.8 Å². The molecule has 2 N–H and O–H groups in total. The summed E-state index contributed by atoms with van der Waals surface area (Å²) < 4.78 is 27.4. The number of nitro benzene ring substituents is 1. The first kappa shape index (κ1) is 19.1. The summed E-state index contributed by atoms with van der Waals surface area (Å²) in [5.74, 6) is 0. The first-order chi connectivity index (χ1) is 13.5.